The maximum Gasteiger partial charge on any atom is 0.326 e. The summed E-state index contributed by atoms with van der Waals surface area (Å²) in [5.74, 6) is 1.78. The molecule has 0 aliphatic carbocycles. The van der Waals surface area contributed by atoms with Crippen molar-refractivity contribution in [3.63, 3.8) is 0 Å². The fourth-order valence-electron chi connectivity index (χ4n) is 3.06. The molecule has 10 heteroatoms. The zero-order chi connectivity index (χ0) is 23.8. The molecule has 0 saturated carbocycles. The van der Waals surface area contributed by atoms with Gasteiger partial charge in [-0.2, -0.15) is 4.99 Å². The quantitative estimate of drug-likeness (QED) is 0.315. The lowest BCUT2D eigenvalue weighted by Crippen LogP contribution is -2.23. The summed E-state index contributed by atoms with van der Waals surface area (Å²) in [7, 11) is 4.72. The molecule has 1 heterocycles. The van der Waals surface area contributed by atoms with Crippen LogP contribution in [0.25, 0.3) is 10.2 Å². The lowest BCUT2D eigenvalue weighted by molar-refractivity contribution is -0.143. The highest BCUT2D eigenvalue weighted by atomic mass is 32.2. The van der Waals surface area contributed by atoms with E-state index < -0.39 is 5.97 Å². The summed E-state index contributed by atoms with van der Waals surface area (Å²) in [6, 6.07) is 11.2. The van der Waals surface area contributed by atoms with Crippen molar-refractivity contribution in [2.45, 2.75) is 24.8 Å². The average molecular weight is 491 g/mol. The van der Waals surface area contributed by atoms with Gasteiger partial charge in [0.2, 0.25) is 5.91 Å². The summed E-state index contributed by atoms with van der Waals surface area (Å²) >= 11 is 2.87. The minimum absolute atomic E-state index is 0.0595. The van der Waals surface area contributed by atoms with Crippen molar-refractivity contribution in [2.75, 3.05) is 33.7 Å². The predicted molar refractivity (Wildman–Crippen MR) is 128 cm³/mol. The van der Waals surface area contributed by atoms with E-state index >= 15 is 0 Å². The fourth-order valence-corrected chi connectivity index (χ4v) is 4.96. The topological polar surface area (TPSA) is 88.4 Å². The van der Waals surface area contributed by atoms with Crippen LogP contribution in [0.2, 0.25) is 0 Å². The molecule has 0 N–H and O–H groups in total. The molecule has 0 saturated heterocycles. The van der Waals surface area contributed by atoms with E-state index in [-0.39, 0.29) is 25.5 Å². The number of esters is 1. The molecule has 1 amide bonds. The van der Waals surface area contributed by atoms with Gasteiger partial charge in [-0.05, 0) is 31.2 Å². The highest BCUT2D eigenvalue weighted by Gasteiger charge is 2.16. The molecule has 0 spiro atoms. The Hall–Kier alpha value is -2.98. The molecule has 3 rings (SSSR count). The second kappa shape index (κ2) is 11.8. The number of aromatic nitrogens is 1. The largest absolute Gasteiger partial charge is 0.497 e. The number of nitrogens with zero attached hydrogens (tertiary/aromatic N) is 2. The van der Waals surface area contributed by atoms with Crippen molar-refractivity contribution < 1.29 is 28.5 Å². The molecule has 0 radical (unpaired) electrons. The van der Waals surface area contributed by atoms with Crippen molar-refractivity contribution in [3.8, 4) is 17.2 Å². The van der Waals surface area contributed by atoms with E-state index in [0.29, 0.717) is 27.6 Å². The maximum atomic E-state index is 12.6. The Labute approximate surface area is 200 Å². The number of carbonyl (C=O) groups excluding carboxylic acids is 2. The van der Waals surface area contributed by atoms with Crippen molar-refractivity contribution in [1.29, 1.82) is 0 Å². The Morgan fingerprint density at radius 1 is 1.03 bits per heavy atom. The van der Waals surface area contributed by atoms with E-state index in [0.717, 1.165) is 15.3 Å². The third kappa shape index (κ3) is 6.29. The number of ether oxygens (including phenoxy) is 4. The van der Waals surface area contributed by atoms with Crippen molar-refractivity contribution in [2.24, 2.45) is 4.99 Å². The smallest absolute Gasteiger partial charge is 0.326 e. The van der Waals surface area contributed by atoms with E-state index in [4.69, 9.17) is 18.9 Å². The summed E-state index contributed by atoms with van der Waals surface area (Å²) in [4.78, 5) is 30.6. The monoisotopic (exact) mass is 490 g/mol. The van der Waals surface area contributed by atoms with E-state index in [1.165, 1.54) is 11.3 Å². The van der Waals surface area contributed by atoms with Gasteiger partial charge in [-0.3, -0.25) is 9.59 Å². The lowest BCUT2D eigenvalue weighted by Gasteiger charge is -2.09. The van der Waals surface area contributed by atoms with Gasteiger partial charge in [0.05, 0.1) is 38.2 Å². The number of thioether (sulfide) groups is 1. The van der Waals surface area contributed by atoms with Crippen LogP contribution in [0, 0.1) is 0 Å². The number of benzene rings is 2. The second-order valence-electron chi connectivity index (χ2n) is 6.73. The van der Waals surface area contributed by atoms with Gasteiger partial charge < -0.3 is 23.5 Å². The predicted octanol–water partition coefficient (Wildman–Crippen LogP) is 3.90. The summed E-state index contributed by atoms with van der Waals surface area (Å²) in [5, 5.41) is 0. The minimum atomic E-state index is -0.407. The molecule has 0 unspecified atom stereocenters. The van der Waals surface area contributed by atoms with Crippen LogP contribution in [0.1, 0.15) is 13.3 Å². The van der Waals surface area contributed by atoms with Crippen LogP contribution in [0.5, 0.6) is 17.2 Å². The molecule has 1 aromatic heterocycles. The second-order valence-corrected chi connectivity index (χ2v) is 8.91. The number of fused-ring (bicyclic) bond motifs is 1. The third-order valence-electron chi connectivity index (χ3n) is 4.65. The number of methoxy groups -OCH3 is 3. The van der Waals surface area contributed by atoms with Crippen LogP contribution in [0.3, 0.4) is 0 Å². The van der Waals surface area contributed by atoms with E-state index in [1.807, 2.05) is 30.3 Å². The standard InChI is InChI=1S/C23H26N2O6S2/c1-5-31-22(27)14-25-17-12-18(29-3)19(30-4)13-20(17)33-23(25)24-21(26)10-11-32-16-8-6-15(28-2)7-9-16/h6-9,12-13H,5,10-11,14H2,1-4H3. The molecule has 0 aliphatic rings. The molecule has 33 heavy (non-hydrogen) atoms. The first kappa shape index (κ1) is 24.7. The van der Waals surface area contributed by atoms with E-state index in [2.05, 4.69) is 4.99 Å². The third-order valence-corrected chi connectivity index (χ3v) is 6.70. The van der Waals surface area contributed by atoms with Crippen LogP contribution >= 0.6 is 23.1 Å². The number of amides is 1. The van der Waals surface area contributed by atoms with Gasteiger partial charge in [-0.1, -0.05) is 11.3 Å². The minimum Gasteiger partial charge on any atom is -0.497 e. The SMILES string of the molecule is CCOC(=O)Cn1c(=NC(=O)CCSc2ccc(OC)cc2)sc2cc(OC)c(OC)cc21. The van der Waals surface area contributed by atoms with Crippen molar-refractivity contribution in [1.82, 2.24) is 4.57 Å². The Balaban J connectivity index is 1.85. The molecule has 176 valence electrons. The first-order chi connectivity index (χ1) is 16.0. The van der Waals surface area contributed by atoms with Crippen LogP contribution in [-0.4, -0.2) is 50.1 Å². The number of thiazole rings is 1. The molecule has 0 fully saturated rings. The summed E-state index contributed by atoms with van der Waals surface area (Å²) in [5.41, 5.74) is 0.713. The molecular weight excluding hydrogens is 464 g/mol. The summed E-state index contributed by atoms with van der Waals surface area (Å²) < 4.78 is 23.5. The number of rotatable bonds is 10. The molecular formula is C23H26N2O6S2. The van der Waals surface area contributed by atoms with Gasteiger partial charge in [0, 0.05) is 29.2 Å². The molecule has 3 aromatic rings. The number of carbonyl (C=O) groups is 2. The zero-order valence-corrected chi connectivity index (χ0v) is 20.6. The molecule has 0 atom stereocenters. The zero-order valence-electron chi connectivity index (χ0n) is 19.0. The highest BCUT2D eigenvalue weighted by molar-refractivity contribution is 7.99. The number of hydrogen-bond acceptors (Lipinski definition) is 8. The van der Waals surface area contributed by atoms with Gasteiger partial charge in [-0.25, -0.2) is 0 Å². The van der Waals surface area contributed by atoms with Gasteiger partial charge in [-0.15, -0.1) is 11.8 Å². The van der Waals surface area contributed by atoms with Crippen LogP contribution in [0.15, 0.2) is 46.3 Å². The molecule has 0 aliphatic heterocycles. The first-order valence-corrected chi connectivity index (χ1v) is 12.0. The maximum absolute atomic E-state index is 12.6. The average Bonchev–Trinajstić information content (AvgIpc) is 3.14. The van der Waals surface area contributed by atoms with Crippen molar-refractivity contribution in [3.05, 3.63) is 41.2 Å². The Morgan fingerprint density at radius 2 is 1.73 bits per heavy atom. The normalized spacial score (nSPS) is 11.5. The van der Waals surface area contributed by atoms with Gasteiger partial charge in [0.15, 0.2) is 16.3 Å². The number of hydrogen-bond donors (Lipinski definition) is 0. The Bertz CT molecular complexity index is 1180. The van der Waals surface area contributed by atoms with Gasteiger partial charge in [0.1, 0.15) is 12.3 Å². The van der Waals surface area contributed by atoms with Crippen molar-refractivity contribution >= 4 is 45.2 Å². The summed E-state index contributed by atoms with van der Waals surface area (Å²) in [6.07, 6.45) is 0.261. The van der Waals surface area contributed by atoms with E-state index in [9.17, 15) is 9.59 Å². The molecule has 0 bridgehead atoms. The Kier molecular flexibility index (Phi) is 8.79. The van der Waals surface area contributed by atoms with Gasteiger partial charge >= 0.3 is 5.97 Å². The van der Waals surface area contributed by atoms with E-state index in [1.54, 1.807) is 50.6 Å². The highest BCUT2D eigenvalue weighted by Crippen LogP contribution is 2.33. The van der Waals surface area contributed by atoms with Crippen LogP contribution in [0.4, 0.5) is 0 Å². The van der Waals surface area contributed by atoms with Gasteiger partial charge in [0.25, 0.3) is 0 Å². The lowest BCUT2D eigenvalue weighted by atomic mass is 10.3. The van der Waals surface area contributed by atoms with Crippen LogP contribution in [-0.2, 0) is 20.9 Å². The van der Waals surface area contributed by atoms with Crippen LogP contribution < -0.4 is 19.0 Å². The summed E-state index contributed by atoms with van der Waals surface area (Å²) in [6.45, 7) is 1.96. The first-order valence-electron chi connectivity index (χ1n) is 10.2. The molecule has 8 nitrogen and oxygen atoms in total. The fraction of sp³-hybridized carbons (Fsp3) is 0.348. The Morgan fingerprint density at radius 3 is 2.36 bits per heavy atom. The molecule has 2 aromatic carbocycles.